The molecule has 0 spiro atoms. The first kappa shape index (κ1) is 12.3. The Kier molecular flexibility index (Phi) is 4.29. The predicted octanol–water partition coefficient (Wildman–Crippen LogP) is 3.69. The Balaban J connectivity index is 1.93. The van der Waals surface area contributed by atoms with Gasteiger partial charge in [0.05, 0.1) is 0 Å². The summed E-state index contributed by atoms with van der Waals surface area (Å²) < 4.78 is 1.11. The van der Waals surface area contributed by atoms with E-state index >= 15 is 0 Å². The molecule has 1 heterocycles. The lowest BCUT2D eigenvalue weighted by molar-refractivity contribution is 0.574. The molecule has 1 aromatic heterocycles. The molecule has 0 aliphatic rings. The van der Waals surface area contributed by atoms with Gasteiger partial charge in [-0.3, -0.25) is 4.98 Å². The van der Waals surface area contributed by atoms with Gasteiger partial charge in [-0.2, -0.15) is 0 Å². The molecule has 0 saturated carbocycles. The summed E-state index contributed by atoms with van der Waals surface area (Å²) in [5.74, 6) is 0. The van der Waals surface area contributed by atoms with Crippen molar-refractivity contribution in [3.8, 4) is 0 Å². The molecule has 0 aliphatic carbocycles. The fourth-order valence-corrected chi connectivity index (χ4v) is 1.91. The summed E-state index contributed by atoms with van der Waals surface area (Å²) in [5, 5.41) is 3.49. The third kappa shape index (κ3) is 3.65. The van der Waals surface area contributed by atoms with Gasteiger partial charge in [0.25, 0.3) is 0 Å². The molecular formula is C14H15BrN2. The van der Waals surface area contributed by atoms with Crippen LogP contribution in [0.15, 0.2) is 53.3 Å². The molecular weight excluding hydrogens is 276 g/mol. The van der Waals surface area contributed by atoms with Crippen molar-refractivity contribution in [2.45, 2.75) is 19.5 Å². The van der Waals surface area contributed by atoms with Crippen LogP contribution in [0.1, 0.15) is 24.1 Å². The van der Waals surface area contributed by atoms with Crippen molar-refractivity contribution in [3.63, 3.8) is 0 Å². The second kappa shape index (κ2) is 5.94. The minimum absolute atomic E-state index is 0.344. The highest BCUT2D eigenvalue weighted by atomic mass is 79.9. The molecule has 0 unspecified atom stereocenters. The molecule has 0 aliphatic heterocycles. The molecule has 1 aromatic carbocycles. The van der Waals surface area contributed by atoms with Gasteiger partial charge in [0, 0.05) is 29.5 Å². The highest BCUT2D eigenvalue weighted by molar-refractivity contribution is 9.10. The number of pyridine rings is 1. The second-order valence-corrected chi connectivity index (χ2v) is 4.93. The van der Waals surface area contributed by atoms with Crippen LogP contribution in [0.4, 0.5) is 0 Å². The van der Waals surface area contributed by atoms with Crippen molar-refractivity contribution < 1.29 is 0 Å². The number of hydrogen-bond acceptors (Lipinski definition) is 2. The lowest BCUT2D eigenvalue weighted by Gasteiger charge is -2.14. The first-order valence-corrected chi connectivity index (χ1v) is 6.43. The van der Waals surface area contributed by atoms with E-state index in [1.165, 1.54) is 11.1 Å². The van der Waals surface area contributed by atoms with Gasteiger partial charge in [0.1, 0.15) is 0 Å². The van der Waals surface area contributed by atoms with Crippen LogP contribution in [-0.4, -0.2) is 4.98 Å². The van der Waals surface area contributed by atoms with Gasteiger partial charge in [0.15, 0.2) is 0 Å². The Bertz CT molecular complexity index is 453. The number of aromatic nitrogens is 1. The molecule has 2 nitrogen and oxygen atoms in total. The molecule has 2 rings (SSSR count). The maximum absolute atomic E-state index is 4.01. The SMILES string of the molecule is C[C@@H](NCc1ccncc1)c1ccc(Br)cc1. The topological polar surface area (TPSA) is 24.9 Å². The highest BCUT2D eigenvalue weighted by Crippen LogP contribution is 2.16. The quantitative estimate of drug-likeness (QED) is 0.929. The zero-order chi connectivity index (χ0) is 12.1. The normalized spacial score (nSPS) is 12.4. The number of nitrogens with one attached hydrogen (secondary N) is 1. The number of halogens is 1. The van der Waals surface area contributed by atoms with Crippen molar-refractivity contribution in [2.75, 3.05) is 0 Å². The zero-order valence-corrected chi connectivity index (χ0v) is 11.3. The van der Waals surface area contributed by atoms with Gasteiger partial charge in [-0.05, 0) is 42.3 Å². The standard InChI is InChI=1S/C14H15BrN2/c1-11(13-2-4-14(15)5-3-13)17-10-12-6-8-16-9-7-12/h2-9,11,17H,10H2,1H3/t11-/m1/s1. The summed E-state index contributed by atoms with van der Waals surface area (Å²) in [7, 11) is 0. The summed E-state index contributed by atoms with van der Waals surface area (Å²) >= 11 is 3.44. The van der Waals surface area contributed by atoms with Gasteiger partial charge in [-0.25, -0.2) is 0 Å². The Morgan fingerprint density at radius 2 is 1.76 bits per heavy atom. The average molecular weight is 291 g/mol. The van der Waals surface area contributed by atoms with Crippen LogP contribution in [0, 0.1) is 0 Å². The Hall–Kier alpha value is -1.19. The van der Waals surface area contributed by atoms with Gasteiger partial charge >= 0.3 is 0 Å². The van der Waals surface area contributed by atoms with E-state index in [1.54, 1.807) is 0 Å². The van der Waals surface area contributed by atoms with Crippen LogP contribution >= 0.6 is 15.9 Å². The molecule has 0 saturated heterocycles. The molecule has 17 heavy (non-hydrogen) atoms. The van der Waals surface area contributed by atoms with E-state index in [1.807, 2.05) is 24.5 Å². The minimum atomic E-state index is 0.344. The van der Waals surface area contributed by atoms with E-state index in [0.29, 0.717) is 6.04 Å². The van der Waals surface area contributed by atoms with E-state index in [-0.39, 0.29) is 0 Å². The maximum Gasteiger partial charge on any atom is 0.0294 e. The van der Waals surface area contributed by atoms with Gasteiger partial charge in [-0.15, -0.1) is 0 Å². The summed E-state index contributed by atoms with van der Waals surface area (Å²) in [5.41, 5.74) is 2.55. The third-order valence-corrected chi connectivity index (χ3v) is 3.26. The molecule has 1 N–H and O–H groups in total. The molecule has 0 fully saturated rings. The minimum Gasteiger partial charge on any atom is -0.306 e. The summed E-state index contributed by atoms with van der Waals surface area (Å²) in [6.45, 7) is 3.03. The van der Waals surface area contributed by atoms with Crippen LogP contribution in [0.3, 0.4) is 0 Å². The first-order chi connectivity index (χ1) is 8.25. The predicted molar refractivity (Wildman–Crippen MR) is 73.6 cm³/mol. The maximum atomic E-state index is 4.01. The van der Waals surface area contributed by atoms with Gasteiger partial charge < -0.3 is 5.32 Å². The van der Waals surface area contributed by atoms with Crippen molar-refractivity contribution >= 4 is 15.9 Å². The van der Waals surface area contributed by atoms with Crippen LogP contribution < -0.4 is 5.32 Å². The highest BCUT2D eigenvalue weighted by Gasteiger charge is 2.04. The van der Waals surface area contributed by atoms with E-state index in [2.05, 4.69) is 57.4 Å². The summed E-state index contributed by atoms with van der Waals surface area (Å²) in [6.07, 6.45) is 3.64. The molecule has 0 bridgehead atoms. The van der Waals surface area contributed by atoms with E-state index in [9.17, 15) is 0 Å². The van der Waals surface area contributed by atoms with E-state index in [0.717, 1.165) is 11.0 Å². The Morgan fingerprint density at radius 3 is 2.41 bits per heavy atom. The van der Waals surface area contributed by atoms with Gasteiger partial charge in [0.2, 0.25) is 0 Å². The van der Waals surface area contributed by atoms with Crippen LogP contribution in [-0.2, 0) is 6.54 Å². The number of rotatable bonds is 4. The van der Waals surface area contributed by atoms with Crippen LogP contribution in [0.25, 0.3) is 0 Å². The lowest BCUT2D eigenvalue weighted by Crippen LogP contribution is -2.17. The fraction of sp³-hybridized carbons (Fsp3) is 0.214. The first-order valence-electron chi connectivity index (χ1n) is 5.63. The summed E-state index contributed by atoms with van der Waals surface area (Å²) in [4.78, 5) is 4.01. The molecule has 3 heteroatoms. The fourth-order valence-electron chi connectivity index (χ4n) is 1.64. The largest absolute Gasteiger partial charge is 0.306 e. The third-order valence-electron chi connectivity index (χ3n) is 2.73. The van der Waals surface area contributed by atoms with Crippen molar-refractivity contribution in [3.05, 3.63) is 64.4 Å². The molecule has 88 valence electrons. The Morgan fingerprint density at radius 1 is 1.12 bits per heavy atom. The number of hydrogen-bond donors (Lipinski definition) is 1. The van der Waals surface area contributed by atoms with E-state index < -0.39 is 0 Å². The summed E-state index contributed by atoms with van der Waals surface area (Å²) in [6, 6.07) is 12.8. The Labute approximate surface area is 110 Å². The number of benzene rings is 1. The molecule has 0 radical (unpaired) electrons. The van der Waals surface area contributed by atoms with E-state index in [4.69, 9.17) is 0 Å². The van der Waals surface area contributed by atoms with Gasteiger partial charge in [-0.1, -0.05) is 28.1 Å². The monoisotopic (exact) mass is 290 g/mol. The zero-order valence-electron chi connectivity index (χ0n) is 9.73. The molecule has 1 atom stereocenters. The van der Waals surface area contributed by atoms with Crippen molar-refractivity contribution in [1.29, 1.82) is 0 Å². The van der Waals surface area contributed by atoms with Crippen LogP contribution in [0.5, 0.6) is 0 Å². The molecule has 0 amide bonds. The van der Waals surface area contributed by atoms with Crippen molar-refractivity contribution in [2.24, 2.45) is 0 Å². The lowest BCUT2D eigenvalue weighted by atomic mass is 10.1. The van der Waals surface area contributed by atoms with Crippen LogP contribution in [0.2, 0.25) is 0 Å². The second-order valence-electron chi connectivity index (χ2n) is 4.01. The number of nitrogens with zero attached hydrogens (tertiary/aromatic N) is 1. The smallest absolute Gasteiger partial charge is 0.0294 e. The molecule has 2 aromatic rings. The average Bonchev–Trinajstić information content (AvgIpc) is 2.38. The van der Waals surface area contributed by atoms with Crippen molar-refractivity contribution in [1.82, 2.24) is 10.3 Å².